The van der Waals surface area contributed by atoms with Crippen molar-refractivity contribution >= 4 is 29.0 Å². The van der Waals surface area contributed by atoms with E-state index >= 15 is 0 Å². The molecular formula is C20H20F3N3O3. The molecule has 0 bridgehead atoms. The fraction of sp³-hybridized carbons (Fsp3) is 0.300. The van der Waals surface area contributed by atoms with Gasteiger partial charge in [-0.2, -0.15) is 13.2 Å². The number of urea groups is 1. The van der Waals surface area contributed by atoms with Crippen LogP contribution in [0.4, 0.5) is 35.0 Å². The summed E-state index contributed by atoms with van der Waals surface area (Å²) >= 11 is 0. The second-order valence-corrected chi connectivity index (χ2v) is 6.58. The number of anilines is 3. The van der Waals surface area contributed by atoms with Gasteiger partial charge in [0.25, 0.3) is 5.91 Å². The molecule has 1 aliphatic rings. The van der Waals surface area contributed by atoms with Crippen molar-refractivity contribution in [3.8, 4) is 0 Å². The van der Waals surface area contributed by atoms with Gasteiger partial charge in [-0.15, -0.1) is 0 Å². The van der Waals surface area contributed by atoms with Crippen molar-refractivity contribution in [2.24, 2.45) is 0 Å². The Balaban J connectivity index is 1.69. The van der Waals surface area contributed by atoms with Crippen LogP contribution in [0.2, 0.25) is 0 Å². The van der Waals surface area contributed by atoms with Gasteiger partial charge in [-0.1, -0.05) is 6.07 Å². The molecule has 29 heavy (non-hydrogen) atoms. The summed E-state index contributed by atoms with van der Waals surface area (Å²) in [6.07, 6.45) is -2.77. The van der Waals surface area contributed by atoms with E-state index in [1.54, 1.807) is 17.0 Å². The molecule has 3 rings (SSSR count). The van der Waals surface area contributed by atoms with Gasteiger partial charge < -0.3 is 20.3 Å². The average molecular weight is 407 g/mol. The number of fused-ring (bicyclic) bond motifs is 1. The molecule has 154 valence electrons. The number of alkyl halides is 3. The van der Waals surface area contributed by atoms with E-state index in [4.69, 9.17) is 4.74 Å². The first-order chi connectivity index (χ1) is 13.8. The molecule has 0 aliphatic carbocycles. The van der Waals surface area contributed by atoms with Crippen molar-refractivity contribution in [1.82, 2.24) is 0 Å². The van der Waals surface area contributed by atoms with E-state index in [1.807, 2.05) is 6.07 Å². The van der Waals surface area contributed by atoms with Crippen molar-refractivity contribution in [2.75, 3.05) is 35.8 Å². The van der Waals surface area contributed by atoms with E-state index < -0.39 is 17.8 Å². The number of hydrogen-bond acceptors (Lipinski definition) is 3. The lowest BCUT2D eigenvalue weighted by molar-refractivity contribution is -0.137. The van der Waals surface area contributed by atoms with Crippen molar-refractivity contribution in [3.05, 3.63) is 53.6 Å². The Morgan fingerprint density at radius 2 is 1.72 bits per heavy atom. The Morgan fingerprint density at radius 1 is 1.07 bits per heavy atom. The lowest BCUT2D eigenvalue weighted by Crippen LogP contribution is -2.37. The minimum atomic E-state index is -4.43. The van der Waals surface area contributed by atoms with E-state index in [1.165, 1.54) is 19.2 Å². The minimum Gasteiger partial charge on any atom is -0.375 e. The molecule has 0 atom stereocenters. The number of aryl methyl sites for hydroxylation is 1. The number of methoxy groups -OCH3 is 1. The van der Waals surface area contributed by atoms with Crippen LogP contribution in [0, 0.1) is 0 Å². The van der Waals surface area contributed by atoms with Crippen LogP contribution >= 0.6 is 0 Å². The molecule has 0 spiro atoms. The van der Waals surface area contributed by atoms with Crippen LogP contribution in [0.1, 0.15) is 17.5 Å². The number of hydrogen-bond donors (Lipinski definition) is 2. The van der Waals surface area contributed by atoms with E-state index in [2.05, 4.69) is 10.6 Å². The summed E-state index contributed by atoms with van der Waals surface area (Å²) in [5.41, 5.74) is 1.61. The fourth-order valence-electron chi connectivity index (χ4n) is 3.15. The van der Waals surface area contributed by atoms with Crippen molar-refractivity contribution in [1.29, 1.82) is 0 Å². The number of rotatable bonds is 4. The zero-order valence-electron chi connectivity index (χ0n) is 15.7. The predicted octanol–water partition coefficient (Wildman–Crippen LogP) is 4.28. The highest BCUT2D eigenvalue weighted by Gasteiger charge is 2.30. The highest BCUT2D eigenvalue weighted by molar-refractivity contribution is 6.01. The van der Waals surface area contributed by atoms with E-state index in [0.717, 1.165) is 30.5 Å². The van der Waals surface area contributed by atoms with Gasteiger partial charge in [0.2, 0.25) is 0 Å². The normalized spacial score (nSPS) is 13.6. The van der Waals surface area contributed by atoms with Crippen molar-refractivity contribution in [3.63, 3.8) is 0 Å². The van der Waals surface area contributed by atoms with Gasteiger partial charge in [0.05, 0.1) is 5.56 Å². The maximum atomic E-state index is 12.6. The van der Waals surface area contributed by atoms with E-state index in [0.29, 0.717) is 17.9 Å². The van der Waals surface area contributed by atoms with Crippen LogP contribution in [0.15, 0.2) is 42.5 Å². The Morgan fingerprint density at radius 3 is 2.38 bits per heavy atom. The largest absolute Gasteiger partial charge is 0.416 e. The minimum absolute atomic E-state index is 0.0362. The van der Waals surface area contributed by atoms with Crippen LogP contribution < -0.4 is 15.5 Å². The summed E-state index contributed by atoms with van der Waals surface area (Å²) in [7, 11) is 1.45. The number of ether oxygens (including phenoxy) is 1. The lowest BCUT2D eigenvalue weighted by Gasteiger charge is -2.29. The molecule has 1 heterocycles. The maximum absolute atomic E-state index is 12.6. The molecule has 9 heteroatoms. The number of carbonyl (C=O) groups is 2. The standard InChI is InChI=1S/C20H20F3N3O3/c1-29-12-18(27)26-10-2-3-13-4-7-16(11-17(13)26)25-19(28)24-15-8-5-14(6-9-15)20(21,22)23/h4-9,11H,2-3,10,12H2,1H3,(H2,24,25,28). The van der Waals surface area contributed by atoms with E-state index in [-0.39, 0.29) is 18.2 Å². The highest BCUT2D eigenvalue weighted by Crippen LogP contribution is 2.31. The Labute approximate surface area is 165 Å². The molecular weight excluding hydrogens is 387 g/mol. The van der Waals surface area contributed by atoms with Crippen LogP contribution in [-0.4, -0.2) is 32.2 Å². The summed E-state index contributed by atoms with van der Waals surface area (Å²) in [5, 5.41) is 5.12. The first-order valence-electron chi connectivity index (χ1n) is 8.95. The van der Waals surface area contributed by atoms with Crippen LogP contribution in [0.3, 0.4) is 0 Å². The first kappa shape index (κ1) is 20.7. The maximum Gasteiger partial charge on any atom is 0.416 e. The zero-order valence-corrected chi connectivity index (χ0v) is 15.7. The van der Waals surface area contributed by atoms with Gasteiger partial charge in [0, 0.05) is 30.7 Å². The number of nitrogens with one attached hydrogen (secondary N) is 2. The molecule has 0 saturated heterocycles. The molecule has 2 N–H and O–H groups in total. The van der Waals surface area contributed by atoms with Crippen molar-refractivity contribution < 1.29 is 27.5 Å². The van der Waals surface area contributed by atoms with Crippen LogP contribution in [0.5, 0.6) is 0 Å². The number of amides is 3. The molecule has 0 radical (unpaired) electrons. The fourth-order valence-corrected chi connectivity index (χ4v) is 3.15. The molecule has 2 aromatic rings. The summed E-state index contributed by atoms with van der Waals surface area (Å²) < 4.78 is 42.7. The number of nitrogens with zero attached hydrogens (tertiary/aromatic N) is 1. The lowest BCUT2D eigenvalue weighted by atomic mass is 10.0. The Bertz CT molecular complexity index is 898. The summed E-state index contributed by atoms with van der Waals surface area (Å²) in [5.74, 6) is -0.167. The van der Waals surface area contributed by atoms with Gasteiger partial charge in [-0.25, -0.2) is 4.79 Å². The van der Waals surface area contributed by atoms with Gasteiger partial charge >= 0.3 is 12.2 Å². The third kappa shape index (κ3) is 5.05. The smallest absolute Gasteiger partial charge is 0.375 e. The number of halogens is 3. The van der Waals surface area contributed by atoms with Crippen LogP contribution in [-0.2, 0) is 22.1 Å². The Kier molecular flexibility index (Phi) is 6.07. The molecule has 6 nitrogen and oxygen atoms in total. The van der Waals surface area contributed by atoms with Gasteiger partial charge in [0.15, 0.2) is 0 Å². The molecule has 0 unspecified atom stereocenters. The van der Waals surface area contributed by atoms with Gasteiger partial charge in [0.1, 0.15) is 6.61 Å². The molecule has 3 amide bonds. The molecule has 2 aromatic carbocycles. The van der Waals surface area contributed by atoms with Gasteiger partial charge in [-0.05, 0) is 54.8 Å². The second kappa shape index (κ2) is 8.52. The molecule has 0 saturated carbocycles. The van der Waals surface area contributed by atoms with E-state index in [9.17, 15) is 22.8 Å². The predicted molar refractivity (Wildman–Crippen MR) is 103 cm³/mol. The SMILES string of the molecule is COCC(=O)N1CCCc2ccc(NC(=O)Nc3ccc(C(F)(F)F)cc3)cc21. The summed E-state index contributed by atoms with van der Waals surface area (Å²) in [4.78, 5) is 26.1. The zero-order chi connectivity index (χ0) is 21.0. The van der Waals surface area contributed by atoms with Crippen LogP contribution in [0.25, 0.3) is 0 Å². The Hall–Kier alpha value is -3.07. The quantitative estimate of drug-likeness (QED) is 0.795. The second-order valence-electron chi connectivity index (χ2n) is 6.58. The summed E-state index contributed by atoms with van der Waals surface area (Å²) in [6, 6.07) is 8.82. The third-order valence-corrected chi connectivity index (χ3v) is 4.50. The number of carbonyl (C=O) groups excluding carboxylic acids is 2. The first-order valence-corrected chi connectivity index (χ1v) is 8.95. The number of benzene rings is 2. The average Bonchev–Trinajstić information content (AvgIpc) is 2.67. The monoisotopic (exact) mass is 407 g/mol. The molecule has 1 aliphatic heterocycles. The molecule has 0 fully saturated rings. The topological polar surface area (TPSA) is 70.7 Å². The van der Waals surface area contributed by atoms with Crippen molar-refractivity contribution in [2.45, 2.75) is 19.0 Å². The highest BCUT2D eigenvalue weighted by atomic mass is 19.4. The summed E-state index contributed by atoms with van der Waals surface area (Å²) in [6.45, 7) is 0.530. The molecule has 0 aromatic heterocycles. The van der Waals surface area contributed by atoms with Gasteiger partial charge in [-0.3, -0.25) is 4.79 Å². The third-order valence-electron chi connectivity index (χ3n) is 4.50.